The number of nitrogens with one attached hydrogen (secondary N) is 1. The Morgan fingerprint density at radius 3 is 2.44 bits per heavy atom. The summed E-state index contributed by atoms with van der Waals surface area (Å²) in [6.45, 7) is 5.33. The molecule has 0 saturated carbocycles. The standard InChI is InChI=1S/C18H17BrF3N5/c1-8(11-4-12(18(20,21)22)6-13(23)5-11)24-16-14-7-15(19)9(2)25-17(14)27-10(3)26-16/h4-8H,23H2,1-3H3,(H,24,25,26,27)/t8-/m1/s1. The summed E-state index contributed by atoms with van der Waals surface area (Å²) in [6.07, 6.45) is -4.46. The lowest BCUT2D eigenvalue weighted by molar-refractivity contribution is -0.137. The fourth-order valence-corrected chi connectivity index (χ4v) is 3.03. The average Bonchev–Trinajstić information content (AvgIpc) is 2.55. The molecule has 3 N–H and O–H groups in total. The summed E-state index contributed by atoms with van der Waals surface area (Å²) in [6, 6.07) is 4.90. The number of pyridine rings is 1. The first kappa shape index (κ1) is 19.3. The Balaban J connectivity index is 2.03. The zero-order chi connectivity index (χ0) is 19.9. The van der Waals surface area contributed by atoms with Gasteiger partial charge in [-0.2, -0.15) is 13.2 Å². The largest absolute Gasteiger partial charge is 0.416 e. The second-order valence-electron chi connectivity index (χ2n) is 6.30. The topological polar surface area (TPSA) is 76.7 Å². The molecule has 9 heteroatoms. The molecule has 0 fully saturated rings. The van der Waals surface area contributed by atoms with Gasteiger partial charge in [-0.25, -0.2) is 15.0 Å². The van der Waals surface area contributed by atoms with Crippen molar-refractivity contribution < 1.29 is 13.2 Å². The van der Waals surface area contributed by atoms with Gasteiger partial charge in [0.15, 0.2) is 5.65 Å². The van der Waals surface area contributed by atoms with Gasteiger partial charge in [0.05, 0.1) is 22.7 Å². The number of aromatic nitrogens is 3. The van der Waals surface area contributed by atoms with Gasteiger partial charge in [-0.3, -0.25) is 0 Å². The van der Waals surface area contributed by atoms with E-state index < -0.39 is 17.8 Å². The van der Waals surface area contributed by atoms with Crippen molar-refractivity contribution in [1.82, 2.24) is 15.0 Å². The van der Waals surface area contributed by atoms with Gasteiger partial charge in [0.2, 0.25) is 0 Å². The van der Waals surface area contributed by atoms with E-state index >= 15 is 0 Å². The van der Waals surface area contributed by atoms with E-state index in [2.05, 4.69) is 36.2 Å². The zero-order valence-corrected chi connectivity index (χ0v) is 16.4. The van der Waals surface area contributed by atoms with E-state index in [1.807, 2.05) is 13.0 Å². The van der Waals surface area contributed by atoms with Gasteiger partial charge in [-0.15, -0.1) is 0 Å². The van der Waals surface area contributed by atoms with Gasteiger partial charge >= 0.3 is 6.18 Å². The third kappa shape index (κ3) is 4.13. The molecule has 0 aliphatic rings. The Morgan fingerprint density at radius 2 is 1.78 bits per heavy atom. The summed E-state index contributed by atoms with van der Waals surface area (Å²) in [5.41, 5.74) is 6.65. The van der Waals surface area contributed by atoms with Crippen molar-refractivity contribution in [2.24, 2.45) is 0 Å². The number of nitrogens with zero attached hydrogens (tertiary/aromatic N) is 3. The van der Waals surface area contributed by atoms with Gasteiger partial charge < -0.3 is 11.1 Å². The van der Waals surface area contributed by atoms with Crippen LogP contribution >= 0.6 is 15.9 Å². The number of nitrogen functional groups attached to an aromatic ring is 1. The minimum Gasteiger partial charge on any atom is -0.399 e. The van der Waals surface area contributed by atoms with E-state index in [1.165, 1.54) is 6.07 Å². The number of anilines is 2. The second kappa shape index (κ2) is 6.95. The van der Waals surface area contributed by atoms with Gasteiger partial charge in [0.25, 0.3) is 0 Å². The van der Waals surface area contributed by atoms with Crippen LogP contribution in [0.3, 0.4) is 0 Å². The van der Waals surface area contributed by atoms with E-state index in [0.29, 0.717) is 28.2 Å². The van der Waals surface area contributed by atoms with Crippen LogP contribution in [0, 0.1) is 13.8 Å². The van der Waals surface area contributed by atoms with Crippen molar-refractivity contribution in [3.05, 3.63) is 51.4 Å². The number of hydrogen-bond acceptors (Lipinski definition) is 5. The number of fused-ring (bicyclic) bond motifs is 1. The molecule has 0 radical (unpaired) electrons. The fraction of sp³-hybridized carbons (Fsp3) is 0.278. The van der Waals surface area contributed by atoms with Gasteiger partial charge in [0.1, 0.15) is 11.6 Å². The fourth-order valence-electron chi connectivity index (χ4n) is 2.72. The molecule has 0 saturated heterocycles. The number of rotatable bonds is 3. The van der Waals surface area contributed by atoms with Crippen LogP contribution in [0.25, 0.3) is 11.0 Å². The molecule has 27 heavy (non-hydrogen) atoms. The maximum absolute atomic E-state index is 13.1. The molecular formula is C18H17BrF3N5. The maximum Gasteiger partial charge on any atom is 0.416 e. The molecule has 142 valence electrons. The first-order valence-electron chi connectivity index (χ1n) is 8.10. The van der Waals surface area contributed by atoms with Crippen LogP contribution in [0.15, 0.2) is 28.7 Å². The van der Waals surface area contributed by atoms with Crippen LogP contribution in [0.5, 0.6) is 0 Å². The molecule has 0 aliphatic heterocycles. The van der Waals surface area contributed by atoms with E-state index in [4.69, 9.17) is 5.73 Å². The molecule has 0 unspecified atom stereocenters. The van der Waals surface area contributed by atoms with Crippen LogP contribution in [0.2, 0.25) is 0 Å². The second-order valence-corrected chi connectivity index (χ2v) is 7.15. The predicted octanol–water partition coefficient (Wildman–Crippen LogP) is 5.18. The molecule has 0 amide bonds. The Labute approximate surface area is 162 Å². The Morgan fingerprint density at radius 1 is 1.07 bits per heavy atom. The lowest BCUT2D eigenvalue weighted by Gasteiger charge is -2.19. The summed E-state index contributed by atoms with van der Waals surface area (Å²) >= 11 is 3.43. The first-order chi connectivity index (χ1) is 12.5. The minimum absolute atomic E-state index is 0.0530. The molecular weight excluding hydrogens is 423 g/mol. The SMILES string of the molecule is Cc1nc(N[C@H](C)c2cc(N)cc(C(F)(F)F)c2)c2cc(Br)c(C)nc2n1. The number of aryl methyl sites for hydroxylation is 2. The molecule has 2 heterocycles. The molecule has 0 aliphatic carbocycles. The minimum atomic E-state index is -4.46. The molecule has 5 nitrogen and oxygen atoms in total. The third-order valence-electron chi connectivity index (χ3n) is 4.09. The average molecular weight is 440 g/mol. The third-order valence-corrected chi connectivity index (χ3v) is 4.89. The first-order valence-corrected chi connectivity index (χ1v) is 8.89. The van der Waals surface area contributed by atoms with E-state index in [9.17, 15) is 13.2 Å². The summed E-state index contributed by atoms with van der Waals surface area (Å²) < 4.78 is 40.0. The van der Waals surface area contributed by atoms with Crippen LogP contribution in [0.4, 0.5) is 24.7 Å². The van der Waals surface area contributed by atoms with Crippen molar-refractivity contribution >= 4 is 38.5 Å². The summed E-state index contributed by atoms with van der Waals surface area (Å²) in [4.78, 5) is 13.2. The van der Waals surface area contributed by atoms with Crippen LogP contribution in [-0.2, 0) is 6.18 Å². The molecule has 1 aromatic carbocycles. The molecule has 2 aromatic heterocycles. The van der Waals surface area contributed by atoms with E-state index in [0.717, 1.165) is 22.3 Å². The smallest absolute Gasteiger partial charge is 0.399 e. The number of hydrogen-bond donors (Lipinski definition) is 2. The molecule has 0 spiro atoms. The normalized spacial score (nSPS) is 13.0. The quantitative estimate of drug-likeness (QED) is 0.549. The highest BCUT2D eigenvalue weighted by Gasteiger charge is 2.31. The highest BCUT2D eigenvalue weighted by Crippen LogP contribution is 2.34. The van der Waals surface area contributed by atoms with Crippen molar-refractivity contribution in [3.63, 3.8) is 0 Å². The molecule has 1 atom stereocenters. The lowest BCUT2D eigenvalue weighted by atomic mass is 10.0. The number of nitrogens with two attached hydrogens (primary N) is 1. The van der Waals surface area contributed by atoms with Crippen molar-refractivity contribution in [2.75, 3.05) is 11.1 Å². The number of alkyl halides is 3. The van der Waals surface area contributed by atoms with Crippen LogP contribution in [0.1, 0.15) is 35.6 Å². The molecule has 3 rings (SSSR count). The Kier molecular flexibility index (Phi) is 4.98. The number of halogens is 4. The molecule has 3 aromatic rings. The van der Waals surface area contributed by atoms with Crippen LogP contribution in [-0.4, -0.2) is 15.0 Å². The Hall–Kier alpha value is -2.42. The highest BCUT2D eigenvalue weighted by atomic mass is 79.9. The summed E-state index contributed by atoms with van der Waals surface area (Å²) in [7, 11) is 0. The predicted molar refractivity (Wildman–Crippen MR) is 102 cm³/mol. The van der Waals surface area contributed by atoms with Gasteiger partial charge in [0, 0.05) is 10.2 Å². The van der Waals surface area contributed by atoms with E-state index in [-0.39, 0.29) is 5.69 Å². The molecule has 0 bridgehead atoms. The van der Waals surface area contributed by atoms with Gasteiger partial charge in [-0.1, -0.05) is 0 Å². The maximum atomic E-state index is 13.1. The zero-order valence-electron chi connectivity index (χ0n) is 14.8. The summed E-state index contributed by atoms with van der Waals surface area (Å²) in [5, 5.41) is 3.83. The van der Waals surface area contributed by atoms with Crippen molar-refractivity contribution in [1.29, 1.82) is 0 Å². The number of benzene rings is 1. The van der Waals surface area contributed by atoms with Crippen molar-refractivity contribution in [2.45, 2.75) is 33.0 Å². The summed E-state index contributed by atoms with van der Waals surface area (Å²) in [5.74, 6) is 1.00. The lowest BCUT2D eigenvalue weighted by Crippen LogP contribution is -2.13. The Bertz CT molecular complexity index is 1020. The van der Waals surface area contributed by atoms with Crippen LogP contribution < -0.4 is 11.1 Å². The van der Waals surface area contributed by atoms with E-state index in [1.54, 1.807) is 13.8 Å². The highest BCUT2D eigenvalue weighted by molar-refractivity contribution is 9.10. The van der Waals surface area contributed by atoms with Crippen molar-refractivity contribution in [3.8, 4) is 0 Å². The van der Waals surface area contributed by atoms with Gasteiger partial charge in [-0.05, 0) is 66.5 Å². The monoisotopic (exact) mass is 439 g/mol.